The third-order valence-electron chi connectivity index (χ3n) is 4.12. The summed E-state index contributed by atoms with van der Waals surface area (Å²) in [4.78, 5) is 4.26. The van der Waals surface area contributed by atoms with Crippen molar-refractivity contribution in [2.75, 3.05) is 13.1 Å². The fourth-order valence-corrected chi connectivity index (χ4v) is 3.73. The number of aliphatic hydroxyl groups is 1. The lowest BCUT2D eigenvalue weighted by Gasteiger charge is -2.23. The molecule has 1 fully saturated rings. The van der Waals surface area contributed by atoms with E-state index < -0.39 is 0 Å². The summed E-state index contributed by atoms with van der Waals surface area (Å²) < 4.78 is 0. The minimum absolute atomic E-state index is 0.255. The van der Waals surface area contributed by atoms with Crippen LogP contribution in [0.3, 0.4) is 0 Å². The molecule has 0 aromatic heterocycles. The molecule has 3 heteroatoms. The number of hydrogen-bond acceptors (Lipinski definition) is 3. The highest BCUT2D eigenvalue weighted by molar-refractivity contribution is 8.07. The molecule has 1 heterocycles. The SMILES string of the molecule is C=C(C)S/C(=C\c1ccc(C(=C)C)c(C)c1)C(=C)N1CCC(O)C1. The van der Waals surface area contributed by atoms with Crippen molar-refractivity contribution < 1.29 is 5.11 Å². The molecule has 1 aromatic rings. The minimum Gasteiger partial charge on any atom is -0.391 e. The summed E-state index contributed by atoms with van der Waals surface area (Å²) in [5, 5.41) is 9.79. The van der Waals surface area contributed by atoms with Crippen molar-refractivity contribution in [2.24, 2.45) is 0 Å². The fraction of sp³-hybridized carbons (Fsp3) is 0.333. The average molecular weight is 342 g/mol. The van der Waals surface area contributed by atoms with E-state index in [4.69, 9.17) is 0 Å². The summed E-state index contributed by atoms with van der Waals surface area (Å²) in [6.45, 7) is 19.9. The second kappa shape index (κ2) is 7.91. The lowest BCUT2D eigenvalue weighted by atomic mass is 10.00. The standard InChI is InChI=1S/C21H27NOS/c1-14(2)20-8-7-18(11-16(20)5)12-21(24-15(3)4)17(6)22-10-9-19(23)13-22/h7-8,11-12,19,23H,1,3,6,9-10,13H2,2,4-5H3/b21-12-. The number of hydrogen-bond donors (Lipinski definition) is 1. The number of allylic oxidation sites excluding steroid dienone is 2. The van der Waals surface area contributed by atoms with Gasteiger partial charge in [-0.05, 0) is 54.9 Å². The van der Waals surface area contributed by atoms with Crippen molar-refractivity contribution in [3.05, 3.63) is 70.1 Å². The largest absolute Gasteiger partial charge is 0.391 e. The van der Waals surface area contributed by atoms with Gasteiger partial charge in [0, 0.05) is 23.7 Å². The second-order valence-corrected chi connectivity index (χ2v) is 7.84. The first kappa shape index (κ1) is 18.6. The first-order valence-corrected chi connectivity index (χ1v) is 9.03. The summed E-state index contributed by atoms with van der Waals surface area (Å²) in [5.74, 6) is 0. The number of β-amino-alcohol motifs (C(OH)–C–C–N with tert-alkyl or cyclic N) is 1. The quantitative estimate of drug-likeness (QED) is 0.718. The molecule has 1 N–H and O–H groups in total. The maximum Gasteiger partial charge on any atom is 0.0731 e. The molecule has 1 atom stereocenters. The summed E-state index contributed by atoms with van der Waals surface area (Å²) in [5.41, 5.74) is 5.60. The van der Waals surface area contributed by atoms with Gasteiger partial charge in [-0.25, -0.2) is 0 Å². The van der Waals surface area contributed by atoms with Crippen molar-refractivity contribution in [3.8, 4) is 0 Å². The number of likely N-dealkylation sites (tertiary alicyclic amines) is 1. The third kappa shape index (κ3) is 4.65. The van der Waals surface area contributed by atoms with Gasteiger partial charge in [-0.2, -0.15) is 0 Å². The molecule has 2 nitrogen and oxygen atoms in total. The van der Waals surface area contributed by atoms with Crippen LogP contribution >= 0.6 is 11.8 Å². The number of thioether (sulfide) groups is 1. The van der Waals surface area contributed by atoms with E-state index in [1.165, 1.54) is 11.1 Å². The van der Waals surface area contributed by atoms with Gasteiger partial charge in [0.1, 0.15) is 0 Å². The Morgan fingerprint density at radius 3 is 2.50 bits per heavy atom. The molecular weight excluding hydrogens is 314 g/mol. The first-order valence-electron chi connectivity index (χ1n) is 8.22. The maximum absolute atomic E-state index is 9.79. The van der Waals surface area contributed by atoms with Crippen LogP contribution in [-0.4, -0.2) is 29.2 Å². The number of benzene rings is 1. The van der Waals surface area contributed by atoms with E-state index in [1.54, 1.807) is 11.8 Å². The lowest BCUT2D eigenvalue weighted by molar-refractivity contribution is 0.184. The molecule has 1 aliphatic heterocycles. The van der Waals surface area contributed by atoms with Crippen molar-refractivity contribution in [1.29, 1.82) is 0 Å². The maximum atomic E-state index is 9.79. The number of rotatable bonds is 6. The number of nitrogens with zero attached hydrogens (tertiary/aromatic N) is 1. The highest BCUT2D eigenvalue weighted by Crippen LogP contribution is 2.34. The van der Waals surface area contributed by atoms with Gasteiger partial charge >= 0.3 is 0 Å². The first-order chi connectivity index (χ1) is 11.3. The topological polar surface area (TPSA) is 23.5 Å². The normalized spacial score (nSPS) is 17.9. The third-order valence-corrected chi connectivity index (χ3v) is 5.04. The van der Waals surface area contributed by atoms with Gasteiger partial charge in [0.15, 0.2) is 0 Å². The van der Waals surface area contributed by atoms with Crippen molar-refractivity contribution >= 4 is 23.4 Å². The summed E-state index contributed by atoms with van der Waals surface area (Å²) in [6, 6.07) is 6.41. The predicted octanol–water partition coefficient (Wildman–Crippen LogP) is 5.22. The van der Waals surface area contributed by atoms with Crippen LogP contribution in [-0.2, 0) is 0 Å². The summed E-state index contributed by atoms with van der Waals surface area (Å²) in [6.07, 6.45) is 2.70. The Morgan fingerprint density at radius 2 is 2.00 bits per heavy atom. The van der Waals surface area contributed by atoms with Crippen LogP contribution < -0.4 is 0 Å². The zero-order chi connectivity index (χ0) is 17.9. The zero-order valence-electron chi connectivity index (χ0n) is 14.9. The van der Waals surface area contributed by atoms with E-state index in [-0.39, 0.29) is 6.10 Å². The Morgan fingerprint density at radius 1 is 1.29 bits per heavy atom. The van der Waals surface area contributed by atoms with Crippen LogP contribution in [0.1, 0.15) is 37.0 Å². The number of aliphatic hydroxyl groups excluding tert-OH is 1. The van der Waals surface area contributed by atoms with E-state index >= 15 is 0 Å². The molecule has 24 heavy (non-hydrogen) atoms. The monoisotopic (exact) mass is 341 g/mol. The van der Waals surface area contributed by atoms with Crippen molar-refractivity contribution in [1.82, 2.24) is 4.90 Å². The van der Waals surface area contributed by atoms with Gasteiger partial charge in [0.25, 0.3) is 0 Å². The lowest BCUT2D eigenvalue weighted by Crippen LogP contribution is -2.21. The Kier molecular flexibility index (Phi) is 6.14. The predicted molar refractivity (Wildman–Crippen MR) is 108 cm³/mol. The van der Waals surface area contributed by atoms with Crippen LogP contribution in [0.4, 0.5) is 0 Å². The van der Waals surface area contributed by atoms with Crippen LogP contribution in [0.5, 0.6) is 0 Å². The Bertz CT molecular complexity index is 702. The van der Waals surface area contributed by atoms with E-state index in [0.29, 0.717) is 6.54 Å². The molecule has 1 unspecified atom stereocenters. The molecular formula is C21H27NOS. The summed E-state index contributed by atoms with van der Waals surface area (Å²) in [7, 11) is 0. The van der Waals surface area contributed by atoms with Gasteiger partial charge in [0.05, 0.1) is 6.10 Å². The second-order valence-electron chi connectivity index (χ2n) is 6.50. The van der Waals surface area contributed by atoms with Gasteiger partial charge in [-0.15, -0.1) is 0 Å². The fourth-order valence-electron chi connectivity index (χ4n) is 2.91. The van der Waals surface area contributed by atoms with Crippen LogP contribution in [0.2, 0.25) is 0 Å². The van der Waals surface area contributed by atoms with E-state index in [2.05, 4.69) is 55.8 Å². The Hall–Kier alpha value is -1.71. The molecule has 0 amide bonds. The molecule has 0 aliphatic carbocycles. The minimum atomic E-state index is -0.255. The molecule has 0 spiro atoms. The smallest absolute Gasteiger partial charge is 0.0731 e. The van der Waals surface area contributed by atoms with Crippen LogP contribution in [0.15, 0.2) is 53.4 Å². The molecule has 0 bridgehead atoms. The molecule has 0 saturated carbocycles. The highest BCUT2D eigenvalue weighted by atomic mass is 32.2. The Balaban J connectivity index is 2.31. The van der Waals surface area contributed by atoms with Crippen LogP contribution in [0, 0.1) is 6.92 Å². The van der Waals surface area contributed by atoms with E-state index in [9.17, 15) is 5.11 Å². The molecule has 1 aliphatic rings. The van der Waals surface area contributed by atoms with Gasteiger partial charge in [-0.3, -0.25) is 0 Å². The average Bonchev–Trinajstić information content (AvgIpc) is 2.91. The van der Waals surface area contributed by atoms with E-state index in [1.807, 2.05) is 13.8 Å². The van der Waals surface area contributed by atoms with Gasteiger partial charge in [-0.1, -0.05) is 55.3 Å². The molecule has 1 saturated heterocycles. The molecule has 0 radical (unpaired) electrons. The van der Waals surface area contributed by atoms with Crippen molar-refractivity contribution in [3.63, 3.8) is 0 Å². The highest BCUT2D eigenvalue weighted by Gasteiger charge is 2.23. The molecule has 2 rings (SSSR count). The molecule has 128 valence electrons. The van der Waals surface area contributed by atoms with Gasteiger partial charge in [0.2, 0.25) is 0 Å². The Labute approximate surface area is 150 Å². The molecule has 1 aromatic carbocycles. The van der Waals surface area contributed by atoms with E-state index in [0.717, 1.165) is 39.6 Å². The van der Waals surface area contributed by atoms with Crippen LogP contribution in [0.25, 0.3) is 11.6 Å². The zero-order valence-corrected chi connectivity index (χ0v) is 15.7. The van der Waals surface area contributed by atoms with Gasteiger partial charge < -0.3 is 10.0 Å². The summed E-state index contributed by atoms with van der Waals surface area (Å²) >= 11 is 1.63. The van der Waals surface area contributed by atoms with Crippen molar-refractivity contribution in [2.45, 2.75) is 33.3 Å². The number of aryl methyl sites for hydroxylation is 1.